The number of hydrogen-bond acceptors (Lipinski definition) is 0. The summed E-state index contributed by atoms with van der Waals surface area (Å²) >= 11 is 0. The molecule has 45 valence electrons. The van der Waals surface area contributed by atoms with Gasteiger partial charge in [-0.1, -0.05) is 0 Å². The standard InChI is InChI=1S/Co.2Cr.3H2O/h;;;3*1H2. The number of hydrogen-bond donors (Lipinski definition) is 0. The summed E-state index contributed by atoms with van der Waals surface area (Å²) in [5, 5.41) is 0. The minimum atomic E-state index is 0. The van der Waals surface area contributed by atoms with Gasteiger partial charge in [-0.15, -0.1) is 0 Å². The van der Waals surface area contributed by atoms with Crippen LogP contribution in [-0.2, 0) is 51.5 Å². The molecule has 0 saturated carbocycles. The Balaban J connectivity index is 0. The van der Waals surface area contributed by atoms with Crippen LogP contribution in [0.2, 0.25) is 0 Å². The molecule has 0 saturated heterocycles. The Morgan fingerprint density at radius 1 is 0.500 bits per heavy atom. The predicted octanol–water partition coefficient (Wildman–Crippen LogP) is -2.48. The normalized spacial score (nSPS) is 0. The van der Waals surface area contributed by atoms with E-state index >= 15 is 0 Å². The van der Waals surface area contributed by atoms with Gasteiger partial charge in [0.05, 0.1) is 0 Å². The van der Waals surface area contributed by atoms with Crippen LogP contribution in [0, 0.1) is 0 Å². The Bertz CT molecular complexity index is 8.75. The van der Waals surface area contributed by atoms with Gasteiger partial charge in [0.1, 0.15) is 0 Å². The van der Waals surface area contributed by atoms with Gasteiger partial charge in [0.2, 0.25) is 0 Å². The molecule has 0 aromatic rings. The average Bonchev–Trinajstić information content (AvgIpc) is 0. The smallest absolute Gasteiger partial charge is 0 e. The van der Waals surface area contributed by atoms with Crippen LogP contribution in [0.15, 0.2) is 0 Å². The Morgan fingerprint density at radius 3 is 0.500 bits per heavy atom. The van der Waals surface area contributed by atoms with Gasteiger partial charge in [0.15, 0.2) is 0 Å². The first-order valence-electron chi connectivity index (χ1n) is 0. The minimum Gasteiger partial charge on any atom is -0.412 e. The van der Waals surface area contributed by atoms with Crippen molar-refractivity contribution in [3.63, 3.8) is 0 Å². The molecule has 0 amide bonds. The van der Waals surface area contributed by atoms with Crippen LogP contribution in [0.4, 0.5) is 0 Å². The molecule has 0 aliphatic rings. The third-order valence-corrected chi connectivity index (χ3v) is 0. The molecule has 6 N–H and O–H groups in total. The monoisotopic (exact) mass is 217 g/mol. The topological polar surface area (TPSA) is 94.5 Å². The van der Waals surface area contributed by atoms with Crippen molar-refractivity contribution in [3.05, 3.63) is 0 Å². The second kappa shape index (κ2) is 91.0. The molecule has 0 fully saturated rings. The van der Waals surface area contributed by atoms with Crippen LogP contribution in [0.1, 0.15) is 0 Å². The third kappa shape index (κ3) is 51.3. The third-order valence-electron chi connectivity index (χ3n) is 0. The molecule has 0 aliphatic carbocycles. The fraction of sp³-hybridized carbons (Fsp3) is 0. The average molecular weight is 217 g/mol. The van der Waals surface area contributed by atoms with Crippen LogP contribution in [0.25, 0.3) is 0 Å². The van der Waals surface area contributed by atoms with Crippen LogP contribution >= 0.6 is 0 Å². The van der Waals surface area contributed by atoms with Gasteiger partial charge in [-0.25, -0.2) is 0 Å². The van der Waals surface area contributed by atoms with E-state index in [2.05, 4.69) is 0 Å². The van der Waals surface area contributed by atoms with Crippen molar-refractivity contribution in [2.24, 2.45) is 0 Å². The summed E-state index contributed by atoms with van der Waals surface area (Å²) in [6.45, 7) is 0. The molecule has 0 aromatic heterocycles. The van der Waals surface area contributed by atoms with Crippen molar-refractivity contribution in [2.45, 2.75) is 0 Å². The number of rotatable bonds is 0. The van der Waals surface area contributed by atoms with Gasteiger partial charge in [-0.2, -0.15) is 0 Å². The summed E-state index contributed by atoms with van der Waals surface area (Å²) in [6.07, 6.45) is 0. The summed E-state index contributed by atoms with van der Waals surface area (Å²) in [4.78, 5) is 0. The molecule has 3 nitrogen and oxygen atoms in total. The maximum Gasteiger partial charge on any atom is 0 e. The zero-order valence-electron chi connectivity index (χ0n) is 2.65. The van der Waals surface area contributed by atoms with Crippen molar-refractivity contribution in [3.8, 4) is 0 Å². The first-order chi connectivity index (χ1) is 0. The van der Waals surface area contributed by atoms with Crippen LogP contribution in [0.3, 0.4) is 0 Å². The first-order valence-corrected chi connectivity index (χ1v) is 0. The van der Waals surface area contributed by atoms with Gasteiger partial charge in [-0.3, -0.25) is 0 Å². The maximum atomic E-state index is 0. The van der Waals surface area contributed by atoms with E-state index in [1.807, 2.05) is 0 Å². The predicted molar refractivity (Wildman–Crippen MR) is 10.8 cm³/mol. The second-order valence-electron chi connectivity index (χ2n) is 0. The minimum absolute atomic E-state index is 0. The van der Waals surface area contributed by atoms with E-state index in [-0.39, 0.29) is 67.9 Å². The molecular formula is H6CoCr2O3. The summed E-state index contributed by atoms with van der Waals surface area (Å²) in [6, 6.07) is 0. The van der Waals surface area contributed by atoms with Crippen molar-refractivity contribution < 1.29 is 67.9 Å². The molecule has 0 aromatic carbocycles. The molecule has 0 unspecified atom stereocenters. The first kappa shape index (κ1) is 147. The Labute approximate surface area is 67.9 Å². The molecule has 1 radical (unpaired) electrons. The van der Waals surface area contributed by atoms with Gasteiger partial charge < -0.3 is 16.4 Å². The van der Waals surface area contributed by atoms with E-state index in [1.54, 1.807) is 0 Å². The summed E-state index contributed by atoms with van der Waals surface area (Å²) in [5.41, 5.74) is 0. The molecule has 0 spiro atoms. The molecule has 0 bridgehead atoms. The van der Waals surface area contributed by atoms with Gasteiger partial charge in [0, 0.05) is 51.5 Å². The van der Waals surface area contributed by atoms with E-state index in [1.165, 1.54) is 0 Å². The molecule has 0 rings (SSSR count). The Kier molecular flexibility index (Phi) is 2230. The van der Waals surface area contributed by atoms with Gasteiger partial charge in [0.25, 0.3) is 0 Å². The van der Waals surface area contributed by atoms with Crippen molar-refractivity contribution >= 4 is 0 Å². The van der Waals surface area contributed by atoms with E-state index in [0.717, 1.165) is 0 Å². The zero-order chi connectivity index (χ0) is 0. The second-order valence-corrected chi connectivity index (χ2v) is 0. The summed E-state index contributed by atoms with van der Waals surface area (Å²) in [7, 11) is 0. The van der Waals surface area contributed by atoms with E-state index in [9.17, 15) is 0 Å². The largest absolute Gasteiger partial charge is 0.412 e. The van der Waals surface area contributed by atoms with Crippen molar-refractivity contribution in [2.75, 3.05) is 0 Å². The Hall–Kier alpha value is 1.45. The molecule has 6 heavy (non-hydrogen) atoms. The molecule has 0 atom stereocenters. The molecule has 6 heteroatoms. The quantitative estimate of drug-likeness (QED) is 0.429. The zero-order valence-corrected chi connectivity index (χ0v) is 6.24. The van der Waals surface area contributed by atoms with Gasteiger partial charge in [-0.05, 0) is 0 Å². The molecule has 0 aliphatic heterocycles. The fourth-order valence-electron chi connectivity index (χ4n) is 0. The van der Waals surface area contributed by atoms with E-state index in [4.69, 9.17) is 0 Å². The molecule has 0 heterocycles. The van der Waals surface area contributed by atoms with E-state index in [0.29, 0.717) is 0 Å². The maximum absolute atomic E-state index is 0. The van der Waals surface area contributed by atoms with Crippen LogP contribution < -0.4 is 0 Å². The van der Waals surface area contributed by atoms with Crippen LogP contribution in [-0.4, -0.2) is 16.4 Å². The Morgan fingerprint density at radius 2 is 0.500 bits per heavy atom. The van der Waals surface area contributed by atoms with Crippen molar-refractivity contribution in [1.82, 2.24) is 0 Å². The fourth-order valence-corrected chi connectivity index (χ4v) is 0. The summed E-state index contributed by atoms with van der Waals surface area (Å²) < 4.78 is 0. The van der Waals surface area contributed by atoms with Crippen molar-refractivity contribution in [1.29, 1.82) is 0 Å². The molecular weight excluding hydrogens is 211 g/mol. The SMILES string of the molecule is O.O.O.[Co].[Cr].[Cr]. The van der Waals surface area contributed by atoms with Gasteiger partial charge >= 0.3 is 0 Å². The summed E-state index contributed by atoms with van der Waals surface area (Å²) in [5.74, 6) is 0. The van der Waals surface area contributed by atoms with Crippen LogP contribution in [0.5, 0.6) is 0 Å². The van der Waals surface area contributed by atoms with E-state index < -0.39 is 0 Å².